The highest BCUT2D eigenvalue weighted by atomic mass is 28.2. The number of rotatable bonds is 10. The molecule has 0 unspecified atom stereocenters. The Balaban J connectivity index is 2.99. The van der Waals surface area contributed by atoms with Crippen molar-refractivity contribution in [3.63, 3.8) is 0 Å². The molecule has 0 aromatic rings. The number of hydrogen-bond donors (Lipinski definition) is 3. The molecule has 0 saturated heterocycles. The molecule has 2 radical (unpaired) electrons. The van der Waals surface area contributed by atoms with Gasteiger partial charge < -0.3 is 20.8 Å². The molecule has 4 N–H and O–H groups in total. The molecule has 0 spiro atoms. The van der Waals surface area contributed by atoms with Gasteiger partial charge in [0.25, 0.3) is 0 Å². The third-order valence-electron chi connectivity index (χ3n) is 1.81. The molecule has 0 saturated carbocycles. The Labute approximate surface area is 103 Å². The van der Waals surface area contributed by atoms with Gasteiger partial charge >= 0.3 is 0 Å². The van der Waals surface area contributed by atoms with Gasteiger partial charge in [0.05, 0.1) is 0 Å². The maximum atomic E-state index is 5.66. The van der Waals surface area contributed by atoms with E-state index in [0.29, 0.717) is 16.3 Å². The monoisotopic (exact) mass is 245 g/mol. The minimum Gasteiger partial charge on any atom is -0.413 e. The molecule has 0 atom stereocenters. The van der Waals surface area contributed by atoms with Crippen LogP contribution in [0.25, 0.3) is 0 Å². The van der Waals surface area contributed by atoms with Crippen molar-refractivity contribution in [2.45, 2.75) is 38.8 Å². The van der Waals surface area contributed by atoms with Crippen LogP contribution in [0.1, 0.15) is 27.2 Å². The summed E-state index contributed by atoms with van der Waals surface area (Å²) in [7, 11) is 0.624. The Hall–Kier alpha value is 0.0569. The minimum atomic E-state index is 0.0119. The molecular formula is C11H27N3OSi. The van der Waals surface area contributed by atoms with Gasteiger partial charge in [-0.25, -0.2) is 0 Å². The zero-order valence-electron chi connectivity index (χ0n) is 10.9. The lowest BCUT2D eigenvalue weighted by atomic mass is 10.2. The van der Waals surface area contributed by atoms with Crippen LogP contribution in [-0.2, 0) is 4.43 Å². The van der Waals surface area contributed by atoms with Gasteiger partial charge in [-0.05, 0) is 39.8 Å². The van der Waals surface area contributed by atoms with Crippen LogP contribution in [0.4, 0.5) is 0 Å². The second-order valence-corrected chi connectivity index (χ2v) is 5.74. The first-order chi connectivity index (χ1) is 7.56. The van der Waals surface area contributed by atoms with E-state index in [-0.39, 0.29) is 5.60 Å². The molecule has 0 rings (SSSR count). The lowest BCUT2D eigenvalue weighted by molar-refractivity contribution is 0.138. The van der Waals surface area contributed by atoms with Crippen molar-refractivity contribution in [3.8, 4) is 0 Å². The van der Waals surface area contributed by atoms with E-state index in [1.54, 1.807) is 0 Å². The molecule has 0 fully saturated rings. The maximum absolute atomic E-state index is 5.66. The van der Waals surface area contributed by atoms with Crippen molar-refractivity contribution in [1.82, 2.24) is 10.6 Å². The molecule has 0 aliphatic heterocycles. The number of nitrogens with two attached hydrogens (primary N) is 1. The molecule has 0 amide bonds. The van der Waals surface area contributed by atoms with E-state index in [2.05, 4.69) is 31.4 Å². The van der Waals surface area contributed by atoms with E-state index in [1.165, 1.54) is 6.42 Å². The predicted molar refractivity (Wildman–Crippen MR) is 70.8 cm³/mol. The highest BCUT2D eigenvalue weighted by Crippen LogP contribution is 2.06. The zero-order valence-corrected chi connectivity index (χ0v) is 11.9. The van der Waals surface area contributed by atoms with Gasteiger partial charge in [-0.2, -0.15) is 0 Å². The zero-order chi connectivity index (χ0) is 12.3. The Kier molecular flexibility index (Phi) is 10.3. The van der Waals surface area contributed by atoms with Crippen LogP contribution in [0.15, 0.2) is 0 Å². The normalized spacial score (nSPS) is 12.0. The molecule has 0 aromatic carbocycles. The van der Waals surface area contributed by atoms with E-state index in [9.17, 15) is 0 Å². The first-order valence-electron chi connectivity index (χ1n) is 6.08. The quantitative estimate of drug-likeness (QED) is 0.384. The molecule has 5 heteroatoms. The van der Waals surface area contributed by atoms with Gasteiger partial charge in [-0.3, -0.25) is 0 Å². The summed E-state index contributed by atoms with van der Waals surface area (Å²) in [5.74, 6) is 0. The van der Waals surface area contributed by atoms with E-state index in [0.717, 1.165) is 32.2 Å². The van der Waals surface area contributed by atoms with Gasteiger partial charge in [0.15, 0.2) is 0 Å². The Morgan fingerprint density at radius 3 is 2.25 bits per heavy atom. The molecule has 16 heavy (non-hydrogen) atoms. The SMILES string of the molecule is CC(C)(C)O[Si]CCCNCCNCCN. The van der Waals surface area contributed by atoms with Crippen molar-refractivity contribution >= 4 is 9.76 Å². The van der Waals surface area contributed by atoms with Crippen LogP contribution in [0.3, 0.4) is 0 Å². The van der Waals surface area contributed by atoms with Crippen LogP contribution in [0.5, 0.6) is 0 Å². The predicted octanol–water partition coefficient (Wildman–Crippen LogP) is 0.367. The fourth-order valence-electron chi connectivity index (χ4n) is 1.08. The standard InChI is InChI=1S/C11H27N3OSi/c1-11(2,3)15-16-10-4-6-13-8-9-14-7-5-12/h13-14H,4-10,12H2,1-3H3. The van der Waals surface area contributed by atoms with E-state index >= 15 is 0 Å². The van der Waals surface area contributed by atoms with Crippen molar-refractivity contribution < 1.29 is 4.43 Å². The summed E-state index contributed by atoms with van der Waals surface area (Å²) in [4.78, 5) is 0. The molecule has 0 aliphatic rings. The maximum Gasteiger partial charge on any atom is 0.230 e. The molecule has 96 valence electrons. The lowest BCUT2D eigenvalue weighted by Crippen LogP contribution is -2.31. The van der Waals surface area contributed by atoms with Gasteiger partial charge in [-0.15, -0.1) is 0 Å². The van der Waals surface area contributed by atoms with Crippen LogP contribution in [0.2, 0.25) is 6.04 Å². The second-order valence-electron chi connectivity index (χ2n) is 4.75. The summed E-state index contributed by atoms with van der Waals surface area (Å²) >= 11 is 0. The summed E-state index contributed by atoms with van der Waals surface area (Å²) in [6.45, 7) is 11.0. The molecular weight excluding hydrogens is 218 g/mol. The Morgan fingerprint density at radius 1 is 1.06 bits per heavy atom. The smallest absolute Gasteiger partial charge is 0.230 e. The summed E-state index contributed by atoms with van der Waals surface area (Å²) in [5.41, 5.74) is 5.38. The molecule has 0 bridgehead atoms. The van der Waals surface area contributed by atoms with E-state index < -0.39 is 0 Å². The first-order valence-corrected chi connectivity index (χ1v) is 7.20. The van der Waals surface area contributed by atoms with Crippen molar-refractivity contribution in [1.29, 1.82) is 0 Å². The van der Waals surface area contributed by atoms with Gasteiger partial charge in [-0.1, -0.05) is 0 Å². The number of hydrogen-bond acceptors (Lipinski definition) is 4. The third kappa shape index (κ3) is 14.1. The Bertz CT molecular complexity index is 151. The molecule has 0 heterocycles. The fourth-order valence-corrected chi connectivity index (χ4v) is 1.94. The van der Waals surface area contributed by atoms with E-state index in [1.807, 2.05) is 0 Å². The van der Waals surface area contributed by atoms with Gasteiger partial charge in [0, 0.05) is 31.8 Å². The average molecular weight is 245 g/mol. The van der Waals surface area contributed by atoms with Crippen molar-refractivity contribution in [2.24, 2.45) is 5.73 Å². The average Bonchev–Trinajstić information content (AvgIpc) is 2.19. The molecule has 0 aromatic heterocycles. The first kappa shape index (κ1) is 16.1. The largest absolute Gasteiger partial charge is 0.413 e. The van der Waals surface area contributed by atoms with Crippen LogP contribution in [0, 0.1) is 0 Å². The highest BCUT2D eigenvalue weighted by molar-refractivity contribution is 6.27. The van der Waals surface area contributed by atoms with Crippen molar-refractivity contribution in [3.05, 3.63) is 0 Å². The summed E-state index contributed by atoms with van der Waals surface area (Å²) in [5, 5.41) is 6.63. The lowest BCUT2D eigenvalue weighted by Gasteiger charge is -2.19. The minimum absolute atomic E-state index is 0.0119. The molecule has 0 aliphatic carbocycles. The molecule has 4 nitrogen and oxygen atoms in total. The van der Waals surface area contributed by atoms with Crippen LogP contribution < -0.4 is 16.4 Å². The summed E-state index contributed by atoms with van der Waals surface area (Å²) in [6, 6.07) is 1.15. The summed E-state index contributed by atoms with van der Waals surface area (Å²) in [6.07, 6.45) is 1.19. The third-order valence-corrected chi connectivity index (χ3v) is 3.12. The van der Waals surface area contributed by atoms with Crippen LogP contribution >= 0.6 is 0 Å². The fraction of sp³-hybridized carbons (Fsp3) is 1.00. The van der Waals surface area contributed by atoms with Crippen molar-refractivity contribution in [2.75, 3.05) is 32.7 Å². The highest BCUT2D eigenvalue weighted by Gasteiger charge is 2.09. The Morgan fingerprint density at radius 2 is 1.69 bits per heavy atom. The topological polar surface area (TPSA) is 59.3 Å². The summed E-state index contributed by atoms with van der Waals surface area (Å²) < 4.78 is 5.66. The number of nitrogens with one attached hydrogen (secondary N) is 2. The second kappa shape index (κ2) is 10.2. The van der Waals surface area contributed by atoms with E-state index in [4.69, 9.17) is 10.2 Å². The van der Waals surface area contributed by atoms with Crippen LogP contribution in [-0.4, -0.2) is 48.1 Å². The van der Waals surface area contributed by atoms with Gasteiger partial charge in [0.2, 0.25) is 9.76 Å². The van der Waals surface area contributed by atoms with Gasteiger partial charge in [0.1, 0.15) is 0 Å².